The molecule has 2 N–H and O–H groups in total. The molecule has 0 aromatic heterocycles. The standard InChI is InChI=1S/C23H21BrN2O2/c1-28-18-6-4-5-16(13-18)20-14-21(19-7-2-3-8-22(19)27)26-23(25-20)15-9-11-17(24)12-10-15/h2-13,21,23,26-27H,14H2,1H3. The van der Waals surface area contributed by atoms with Crippen molar-refractivity contribution in [1.82, 2.24) is 5.32 Å². The number of phenolic OH excluding ortho intramolecular Hbond substituents is 1. The van der Waals surface area contributed by atoms with Crippen LogP contribution in [0.4, 0.5) is 0 Å². The molecule has 4 nitrogen and oxygen atoms in total. The summed E-state index contributed by atoms with van der Waals surface area (Å²) in [5.41, 5.74) is 3.96. The van der Waals surface area contributed by atoms with Gasteiger partial charge in [0.15, 0.2) is 0 Å². The van der Waals surface area contributed by atoms with Gasteiger partial charge in [-0.25, -0.2) is 0 Å². The molecular formula is C23H21BrN2O2. The fourth-order valence-electron chi connectivity index (χ4n) is 3.48. The highest BCUT2D eigenvalue weighted by Crippen LogP contribution is 2.34. The quantitative estimate of drug-likeness (QED) is 0.576. The van der Waals surface area contributed by atoms with Crippen molar-refractivity contribution in [3.05, 3.63) is 94.0 Å². The number of nitrogens with zero attached hydrogens (tertiary/aromatic N) is 1. The average molecular weight is 437 g/mol. The summed E-state index contributed by atoms with van der Waals surface area (Å²) in [4.78, 5) is 4.99. The van der Waals surface area contributed by atoms with Crippen molar-refractivity contribution in [2.45, 2.75) is 18.6 Å². The van der Waals surface area contributed by atoms with Crippen molar-refractivity contribution in [1.29, 1.82) is 0 Å². The molecule has 0 spiro atoms. The van der Waals surface area contributed by atoms with E-state index in [0.29, 0.717) is 12.2 Å². The Kier molecular flexibility index (Phi) is 5.46. The maximum atomic E-state index is 10.4. The number of phenols is 1. The molecule has 0 saturated carbocycles. The summed E-state index contributed by atoms with van der Waals surface area (Å²) in [6, 6.07) is 23.5. The largest absolute Gasteiger partial charge is 0.508 e. The van der Waals surface area contributed by atoms with Crippen molar-refractivity contribution in [2.75, 3.05) is 7.11 Å². The van der Waals surface area contributed by atoms with Crippen LogP contribution in [0.25, 0.3) is 0 Å². The van der Waals surface area contributed by atoms with E-state index in [1.54, 1.807) is 13.2 Å². The van der Waals surface area contributed by atoms with Gasteiger partial charge in [0.25, 0.3) is 0 Å². The molecule has 5 heteroatoms. The van der Waals surface area contributed by atoms with Crippen LogP contribution in [0.5, 0.6) is 11.5 Å². The minimum atomic E-state index is -0.201. The Morgan fingerprint density at radius 1 is 1.04 bits per heavy atom. The van der Waals surface area contributed by atoms with Gasteiger partial charge in [-0.2, -0.15) is 0 Å². The number of ether oxygens (including phenoxy) is 1. The van der Waals surface area contributed by atoms with Gasteiger partial charge < -0.3 is 9.84 Å². The highest BCUT2D eigenvalue weighted by atomic mass is 79.9. The number of rotatable bonds is 4. The average Bonchev–Trinajstić information content (AvgIpc) is 2.74. The summed E-state index contributed by atoms with van der Waals surface area (Å²) >= 11 is 3.49. The highest BCUT2D eigenvalue weighted by molar-refractivity contribution is 9.10. The Hall–Kier alpha value is -2.63. The zero-order valence-corrected chi connectivity index (χ0v) is 17.1. The summed E-state index contributed by atoms with van der Waals surface area (Å²) in [5, 5.41) is 14.0. The van der Waals surface area contributed by atoms with Gasteiger partial charge in [0, 0.05) is 28.2 Å². The molecule has 2 atom stereocenters. The second-order valence-corrected chi connectivity index (χ2v) is 7.66. The van der Waals surface area contributed by atoms with Crippen LogP contribution in [0.2, 0.25) is 0 Å². The topological polar surface area (TPSA) is 53.8 Å². The third-order valence-corrected chi connectivity index (χ3v) is 5.47. The van der Waals surface area contributed by atoms with E-state index in [0.717, 1.165) is 32.6 Å². The first-order valence-electron chi connectivity index (χ1n) is 9.14. The lowest BCUT2D eigenvalue weighted by atomic mass is 9.93. The lowest BCUT2D eigenvalue weighted by molar-refractivity contribution is 0.411. The Morgan fingerprint density at radius 3 is 2.57 bits per heavy atom. The Labute approximate surface area is 173 Å². The number of hydrogen-bond donors (Lipinski definition) is 2. The lowest BCUT2D eigenvalue weighted by Crippen LogP contribution is -2.33. The van der Waals surface area contributed by atoms with E-state index in [1.807, 2.05) is 54.6 Å². The maximum Gasteiger partial charge on any atom is 0.126 e. The van der Waals surface area contributed by atoms with E-state index in [2.05, 4.69) is 33.4 Å². The van der Waals surface area contributed by atoms with E-state index in [-0.39, 0.29) is 12.2 Å². The van der Waals surface area contributed by atoms with Crippen LogP contribution >= 0.6 is 15.9 Å². The normalized spacial score (nSPS) is 19.1. The SMILES string of the molecule is COc1cccc(C2=NC(c3ccc(Br)cc3)NC(c3ccccc3O)C2)c1. The van der Waals surface area contributed by atoms with Crippen molar-refractivity contribution in [3.8, 4) is 11.5 Å². The van der Waals surface area contributed by atoms with Gasteiger partial charge >= 0.3 is 0 Å². The number of methoxy groups -OCH3 is 1. The van der Waals surface area contributed by atoms with E-state index < -0.39 is 0 Å². The molecule has 0 amide bonds. The molecule has 2 unspecified atom stereocenters. The molecule has 3 aromatic carbocycles. The fourth-order valence-corrected chi connectivity index (χ4v) is 3.75. The second kappa shape index (κ2) is 8.17. The molecule has 4 rings (SSSR count). The van der Waals surface area contributed by atoms with Gasteiger partial charge in [0.1, 0.15) is 17.7 Å². The van der Waals surface area contributed by atoms with Crippen LogP contribution in [0.15, 0.2) is 82.3 Å². The second-order valence-electron chi connectivity index (χ2n) is 6.74. The van der Waals surface area contributed by atoms with Crippen molar-refractivity contribution < 1.29 is 9.84 Å². The zero-order valence-electron chi connectivity index (χ0n) is 15.5. The number of halogens is 1. The first kappa shape index (κ1) is 18.7. The molecule has 0 radical (unpaired) electrons. The molecule has 142 valence electrons. The first-order chi connectivity index (χ1) is 13.6. The number of aromatic hydroxyl groups is 1. The molecule has 0 saturated heterocycles. The summed E-state index contributed by atoms with van der Waals surface area (Å²) in [6.45, 7) is 0. The molecular weight excluding hydrogens is 416 g/mol. The summed E-state index contributed by atoms with van der Waals surface area (Å²) in [5.74, 6) is 1.10. The third kappa shape index (κ3) is 3.96. The fraction of sp³-hybridized carbons (Fsp3) is 0.174. The van der Waals surface area contributed by atoms with Crippen LogP contribution in [0.3, 0.4) is 0 Å². The zero-order chi connectivity index (χ0) is 19.5. The predicted octanol–water partition coefficient (Wildman–Crippen LogP) is 5.39. The molecule has 28 heavy (non-hydrogen) atoms. The number of aliphatic imine (C=N–C) groups is 1. The molecule has 3 aromatic rings. The molecule has 0 bridgehead atoms. The van der Waals surface area contributed by atoms with Gasteiger partial charge in [-0.1, -0.05) is 58.4 Å². The number of nitrogens with one attached hydrogen (secondary N) is 1. The van der Waals surface area contributed by atoms with Gasteiger partial charge in [0.2, 0.25) is 0 Å². The van der Waals surface area contributed by atoms with Gasteiger partial charge in [0.05, 0.1) is 7.11 Å². The van der Waals surface area contributed by atoms with Gasteiger partial charge in [-0.15, -0.1) is 0 Å². The van der Waals surface area contributed by atoms with Crippen LogP contribution < -0.4 is 10.1 Å². The smallest absolute Gasteiger partial charge is 0.126 e. The maximum absolute atomic E-state index is 10.4. The van der Waals surface area contributed by atoms with Crippen molar-refractivity contribution >= 4 is 21.6 Å². The van der Waals surface area contributed by atoms with Crippen LogP contribution in [0, 0.1) is 0 Å². The summed E-state index contributed by atoms with van der Waals surface area (Å²) in [6.07, 6.45) is 0.477. The monoisotopic (exact) mass is 436 g/mol. The van der Waals surface area contributed by atoms with Crippen LogP contribution in [0.1, 0.15) is 35.3 Å². The highest BCUT2D eigenvalue weighted by Gasteiger charge is 2.27. The van der Waals surface area contributed by atoms with E-state index >= 15 is 0 Å². The Bertz CT molecular complexity index is 1000. The molecule has 0 fully saturated rings. The van der Waals surface area contributed by atoms with Crippen molar-refractivity contribution in [2.24, 2.45) is 4.99 Å². The summed E-state index contributed by atoms with van der Waals surface area (Å²) in [7, 11) is 1.67. The van der Waals surface area contributed by atoms with E-state index in [4.69, 9.17) is 9.73 Å². The minimum absolute atomic E-state index is 0.0476. The number of para-hydroxylation sites is 1. The predicted molar refractivity (Wildman–Crippen MR) is 115 cm³/mol. The first-order valence-corrected chi connectivity index (χ1v) is 9.94. The Balaban J connectivity index is 1.76. The van der Waals surface area contributed by atoms with Crippen LogP contribution in [-0.4, -0.2) is 17.9 Å². The van der Waals surface area contributed by atoms with Gasteiger partial charge in [-0.05, 0) is 41.5 Å². The third-order valence-electron chi connectivity index (χ3n) is 4.94. The molecule has 1 aliphatic rings. The molecule has 0 aliphatic carbocycles. The number of hydrogen-bond acceptors (Lipinski definition) is 4. The van der Waals surface area contributed by atoms with Crippen LogP contribution in [-0.2, 0) is 0 Å². The molecule has 1 heterocycles. The molecule has 1 aliphatic heterocycles. The van der Waals surface area contributed by atoms with Gasteiger partial charge in [-0.3, -0.25) is 10.3 Å². The minimum Gasteiger partial charge on any atom is -0.508 e. The summed E-state index contributed by atoms with van der Waals surface area (Å²) < 4.78 is 6.41. The van der Waals surface area contributed by atoms with E-state index in [1.165, 1.54) is 0 Å². The van der Waals surface area contributed by atoms with Crippen molar-refractivity contribution in [3.63, 3.8) is 0 Å². The lowest BCUT2D eigenvalue weighted by Gasteiger charge is -2.31. The number of benzene rings is 3. The van der Waals surface area contributed by atoms with E-state index in [9.17, 15) is 5.11 Å². The Morgan fingerprint density at radius 2 is 1.82 bits per heavy atom.